The predicted octanol–water partition coefficient (Wildman–Crippen LogP) is 2.93. The van der Waals surface area contributed by atoms with Crippen molar-refractivity contribution >= 4 is 32.4 Å². The van der Waals surface area contributed by atoms with E-state index in [0.717, 1.165) is 5.56 Å². The third kappa shape index (κ3) is 5.29. The van der Waals surface area contributed by atoms with Gasteiger partial charge in [-0.2, -0.15) is 0 Å². The molecule has 1 amide bonds. The highest BCUT2D eigenvalue weighted by Crippen LogP contribution is 2.32. The number of sulfonamides is 1. The summed E-state index contributed by atoms with van der Waals surface area (Å²) >= 11 is 1.17. The molecule has 0 saturated heterocycles. The minimum atomic E-state index is -3.76. The maximum atomic E-state index is 12.5. The number of rotatable bonds is 9. The molecule has 9 nitrogen and oxygen atoms in total. The Morgan fingerprint density at radius 3 is 2.72 bits per heavy atom. The highest BCUT2D eigenvalue weighted by molar-refractivity contribution is 7.93. The number of carbonyl (C=O) groups is 1. The number of benzene rings is 2. The van der Waals surface area contributed by atoms with Crippen molar-refractivity contribution in [1.82, 2.24) is 10.3 Å². The Balaban J connectivity index is 1.27. The van der Waals surface area contributed by atoms with Crippen LogP contribution in [0.2, 0.25) is 0 Å². The molecule has 11 heteroatoms. The molecule has 2 N–H and O–H groups in total. The van der Waals surface area contributed by atoms with Crippen LogP contribution in [0.3, 0.4) is 0 Å². The summed E-state index contributed by atoms with van der Waals surface area (Å²) in [6.07, 6.45) is 0.632. The van der Waals surface area contributed by atoms with Crippen molar-refractivity contribution in [2.75, 3.05) is 18.6 Å². The number of nitrogens with one attached hydrogen (secondary N) is 2. The molecule has 4 rings (SSSR count). The van der Waals surface area contributed by atoms with Crippen molar-refractivity contribution in [2.45, 2.75) is 24.3 Å². The van der Waals surface area contributed by atoms with Crippen LogP contribution in [-0.4, -0.2) is 33.2 Å². The van der Waals surface area contributed by atoms with E-state index < -0.39 is 10.0 Å². The molecule has 2 aromatic carbocycles. The summed E-state index contributed by atoms with van der Waals surface area (Å²) in [5.41, 5.74) is 1.55. The summed E-state index contributed by atoms with van der Waals surface area (Å²) in [5, 5.41) is 4.83. The van der Waals surface area contributed by atoms with E-state index in [2.05, 4.69) is 15.0 Å². The van der Waals surface area contributed by atoms with Crippen LogP contribution in [0.5, 0.6) is 17.2 Å². The number of hydrogen-bond donors (Lipinski definition) is 2. The fraction of sp³-hybridized carbons (Fsp3) is 0.238. The minimum absolute atomic E-state index is 0.109. The second kappa shape index (κ2) is 9.45. The Morgan fingerprint density at radius 1 is 1.16 bits per heavy atom. The number of carbonyl (C=O) groups excluding carboxylic acids is 1. The molecule has 1 aromatic heterocycles. The van der Waals surface area contributed by atoms with Gasteiger partial charge in [-0.25, -0.2) is 13.4 Å². The van der Waals surface area contributed by atoms with Gasteiger partial charge in [0.05, 0.1) is 17.7 Å². The molecule has 0 spiro atoms. The molecule has 0 atom stereocenters. The number of hydrogen-bond acceptors (Lipinski definition) is 8. The van der Waals surface area contributed by atoms with Crippen LogP contribution in [0.25, 0.3) is 0 Å². The fourth-order valence-corrected chi connectivity index (χ4v) is 4.98. The number of anilines is 1. The van der Waals surface area contributed by atoms with Crippen LogP contribution in [0.15, 0.2) is 52.7 Å². The second-order valence-corrected chi connectivity index (χ2v) is 9.43. The van der Waals surface area contributed by atoms with Gasteiger partial charge in [-0.3, -0.25) is 9.52 Å². The van der Waals surface area contributed by atoms with E-state index in [1.165, 1.54) is 30.6 Å². The van der Waals surface area contributed by atoms with Crippen LogP contribution in [0, 0.1) is 0 Å². The molecular formula is C21H21N3O6S2. The highest BCUT2D eigenvalue weighted by Gasteiger charge is 2.17. The molecule has 1 aliphatic heterocycles. The van der Waals surface area contributed by atoms with Crippen LogP contribution in [0.1, 0.15) is 17.7 Å². The number of ether oxygens (including phenoxy) is 3. The standard InChI is InChI=1S/C21H21N3O6S2/c1-28-16-4-6-17(7-5-16)32(26,27)24-21-23-15(12-31-21)3-9-20(25)22-11-14-2-8-18-19(10-14)30-13-29-18/h2,4-8,10,12H,3,9,11,13H2,1H3,(H,22,25)(H,23,24). The summed E-state index contributed by atoms with van der Waals surface area (Å²) in [5.74, 6) is 1.80. The molecule has 0 fully saturated rings. The first-order chi connectivity index (χ1) is 15.4. The topological polar surface area (TPSA) is 116 Å². The van der Waals surface area contributed by atoms with E-state index in [-0.39, 0.29) is 29.1 Å². The number of nitrogens with zero attached hydrogens (tertiary/aromatic N) is 1. The van der Waals surface area contributed by atoms with Crippen molar-refractivity contribution < 1.29 is 27.4 Å². The summed E-state index contributed by atoms with van der Waals surface area (Å²) in [6, 6.07) is 11.6. The van der Waals surface area contributed by atoms with E-state index in [1.807, 2.05) is 18.2 Å². The van der Waals surface area contributed by atoms with Gasteiger partial charge in [-0.05, 0) is 48.4 Å². The molecular weight excluding hydrogens is 454 g/mol. The van der Waals surface area contributed by atoms with Crippen molar-refractivity contribution in [3.05, 3.63) is 59.1 Å². The number of fused-ring (bicyclic) bond motifs is 1. The third-order valence-corrected chi connectivity index (χ3v) is 6.97. The van der Waals surface area contributed by atoms with Crippen molar-refractivity contribution in [2.24, 2.45) is 0 Å². The number of aryl methyl sites for hydroxylation is 1. The zero-order valence-electron chi connectivity index (χ0n) is 17.2. The SMILES string of the molecule is COc1ccc(S(=O)(=O)Nc2nc(CCC(=O)NCc3ccc4c(c3)OCO4)cs2)cc1. The van der Waals surface area contributed by atoms with E-state index in [4.69, 9.17) is 14.2 Å². The summed E-state index contributed by atoms with van der Waals surface area (Å²) in [6.45, 7) is 0.580. The van der Waals surface area contributed by atoms with Crippen LogP contribution in [-0.2, 0) is 27.8 Å². The lowest BCUT2D eigenvalue weighted by molar-refractivity contribution is -0.121. The number of methoxy groups -OCH3 is 1. The Bertz CT molecular complexity index is 1210. The largest absolute Gasteiger partial charge is 0.497 e. The minimum Gasteiger partial charge on any atom is -0.497 e. The number of amides is 1. The third-order valence-electron chi connectivity index (χ3n) is 4.68. The lowest BCUT2D eigenvalue weighted by atomic mass is 10.2. The molecule has 0 saturated carbocycles. The smallest absolute Gasteiger partial charge is 0.263 e. The number of aromatic nitrogens is 1. The summed E-state index contributed by atoms with van der Waals surface area (Å²) < 4.78 is 43.1. The Labute approximate surface area is 189 Å². The zero-order chi connectivity index (χ0) is 22.6. The van der Waals surface area contributed by atoms with E-state index in [1.54, 1.807) is 17.5 Å². The van der Waals surface area contributed by atoms with Crippen LogP contribution in [0.4, 0.5) is 5.13 Å². The Kier molecular flexibility index (Phi) is 6.47. The zero-order valence-corrected chi connectivity index (χ0v) is 18.8. The first-order valence-electron chi connectivity index (χ1n) is 9.69. The summed E-state index contributed by atoms with van der Waals surface area (Å²) in [7, 11) is -2.25. The van der Waals surface area contributed by atoms with Gasteiger partial charge < -0.3 is 19.5 Å². The molecule has 0 aliphatic carbocycles. The molecule has 0 radical (unpaired) electrons. The van der Waals surface area contributed by atoms with Gasteiger partial charge in [0.1, 0.15) is 5.75 Å². The van der Waals surface area contributed by atoms with Gasteiger partial charge >= 0.3 is 0 Å². The van der Waals surface area contributed by atoms with Gasteiger partial charge in [0.25, 0.3) is 10.0 Å². The van der Waals surface area contributed by atoms with E-state index in [9.17, 15) is 13.2 Å². The van der Waals surface area contributed by atoms with Gasteiger partial charge in [0.2, 0.25) is 12.7 Å². The lowest BCUT2D eigenvalue weighted by Gasteiger charge is -2.06. The average Bonchev–Trinajstić information content (AvgIpc) is 3.44. The van der Waals surface area contributed by atoms with Crippen molar-refractivity contribution in [3.63, 3.8) is 0 Å². The van der Waals surface area contributed by atoms with Gasteiger partial charge in [0.15, 0.2) is 16.6 Å². The maximum Gasteiger partial charge on any atom is 0.263 e. The monoisotopic (exact) mass is 475 g/mol. The Morgan fingerprint density at radius 2 is 1.94 bits per heavy atom. The fourth-order valence-electron chi connectivity index (χ4n) is 2.98. The van der Waals surface area contributed by atoms with E-state index >= 15 is 0 Å². The lowest BCUT2D eigenvalue weighted by Crippen LogP contribution is -2.23. The molecule has 32 heavy (non-hydrogen) atoms. The van der Waals surface area contributed by atoms with Crippen molar-refractivity contribution in [3.8, 4) is 17.2 Å². The normalized spacial score (nSPS) is 12.4. The average molecular weight is 476 g/mol. The molecule has 1 aliphatic rings. The summed E-state index contributed by atoms with van der Waals surface area (Å²) in [4.78, 5) is 16.6. The quantitative estimate of drug-likeness (QED) is 0.489. The first-order valence-corrected chi connectivity index (χ1v) is 12.1. The highest BCUT2D eigenvalue weighted by atomic mass is 32.2. The van der Waals surface area contributed by atoms with Gasteiger partial charge in [-0.1, -0.05) is 6.07 Å². The molecule has 3 aromatic rings. The number of thiazole rings is 1. The van der Waals surface area contributed by atoms with Crippen molar-refractivity contribution in [1.29, 1.82) is 0 Å². The first kappa shape index (κ1) is 21.9. The predicted molar refractivity (Wildman–Crippen MR) is 119 cm³/mol. The maximum absolute atomic E-state index is 12.5. The molecule has 0 unspecified atom stereocenters. The van der Waals surface area contributed by atoms with Crippen LogP contribution >= 0.6 is 11.3 Å². The molecule has 2 heterocycles. The van der Waals surface area contributed by atoms with Gasteiger partial charge in [0, 0.05) is 18.3 Å². The van der Waals surface area contributed by atoms with E-state index in [0.29, 0.717) is 35.9 Å². The van der Waals surface area contributed by atoms with Gasteiger partial charge in [-0.15, -0.1) is 11.3 Å². The molecule has 0 bridgehead atoms. The van der Waals surface area contributed by atoms with Crippen LogP contribution < -0.4 is 24.2 Å². The molecule has 168 valence electrons. The second-order valence-electron chi connectivity index (χ2n) is 6.89. The Hall–Kier alpha value is -3.31.